The van der Waals surface area contributed by atoms with Crippen molar-refractivity contribution in [1.82, 2.24) is 9.55 Å². The monoisotopic (exact) mass is 294 g/mol. The highest BCUT2D eigenvalue weighted by atomic mass is 32.1. The predicted molar refractivity (Wildman–Crippen MR) is 75.8 cm³/mol. The molecule has 0 saturated carbocycles. The summed E-state index contributed by atoms with van der Waals surface area (Å²) in [5.41, 5.74) is 6.71. The SMILES string of the molecule is CCOC(=O)c1csc(NC(=O)c2cc(N)cn2C)n1. The zero-order valence-electron chi connectivity index (χ0n) is 11.0. The van der Waals surface area contributed by atoms with Gasteiger partial charge in [0.05, 0.1) is 12.3 Å². The molecule has 0 aliphatic heterocycles. The van der Waals surface area contributed by atoms with Gasteiger partial charge in [-0.05, 0) is 13.0 Å². The molecule has 0 fully saturated rings. The lowest BCUT2D eigenvalue weighted by atomic mass is 10.4. The average Bonchev–Trinajstić information content (AvgIpc) is 2.96. The summed E-state index contributed by atoms with van der Waals surface area (Å²) in [6.45, 7) is 1.99. The molecule has 20 heavy (non-hydrogen) atoms. The highest BCUT2D eigenvalue weighted by Gasteiger charge is 2.15. The lowest BCUT2D eigenvalue weighted by Crippen LogP contribution is -2.15. The van der Waals surface area contributed by atoms with E-state index in [4.69, 9.17) is 10.5 Å². The Balaban J connectivity index is 2.09. The molecule has 2 heterocycles. The molecule has 0 radical (unpaired) electrons. The molecular weight excluding hydrogens is 280 g/mol. The quantitative estimate of drug-likeness (QED) is 0.832. The Labute approximate surface area is 119 Å². The van der Waals surface area contributed by atoms with Crippen molar-refractivity contribution in [2.75, 3.05) is 17.7 Å². The lowest BCUT2D eigenvalue weighted by molar-refractivity contribution is 0.0520. The van der Waals surface area contributed by atoms with Crippen LogP contribution in [-0.2, 0) is 11.8 Å². The van der Waals surface area contributed by atoms with E-state index in [1.54, 1.807) is 30.8 Å². The molecule has 2 rings (SSSR count). The standard InChI is InChI=1S/C12H14N4O3S/c1-3-19-11(18)8-6-20-12(14-8)15-10(17)9-4-7(13)5-16(9)2/h4-6H,3,13H2,1-2H3,(H,14,15,17). The Morgan fingerprint density at radius 3 is 2.90 bits per heavy atom. The average molecular weight is 294 g/mol. The number of aromatic nitrogens is 2. The summed E-state index contributed by atoms with van der Waals surface area (Å²) < 4.78 is 6.44. The van der Waals surface area contributed by atoms with Gasteiger partial charge >= 0.3 is 5.97 Å². The maximum Gasteiger partial charge on any atom is 0.357 e. The van der Waals surface area contributed by atoms with Crippen LogP contribution in [0.3, 0.4) is 0 Å². The van der Waals surface area contributed by atoms with Crippen LogP contribution in [0.1, 0.15) is 27.9 Å². The van der Waals surface area contributed by atoms with E-state index in [-0.39, 0.29) is 18.2 Å². The van der Waals surface area contributed by atoms with Crippen molar-refractivity contribution in [3.05, 3.63) is 29.0 Å². The van der Waals surface area contributed by atoms with Crippen LogP contribution in [0.2, 0.25) is 0 Å². The zero-order valence-corrected chi connectivity index (χ0v) is 11.9. The number of nitrogens with two attached hydrogens (primary N) is 1. The maximum absolute atomic E-state index is 12.0. The van der Waals surface area contributed by atoms with Gasteiger partial charge in [0.25, 0.3) is 5.91 Å². The molecule has 0 unspecified atom stereocenters. The van der Waals surface area contributed by atoms with E-state index in [1.165, 1.54) is 5.38 Å². The number of nitrogens with one attached hydrogen (secondary N) is 1. The van der Waals surface area contributed by atoms with Gasteiger partial charge in [-0.15, -0.1) is 11.3 Å². The minimum absolute atomic E-state index is 0.179. The first-order valence-electron chi connectivity index (χ1n) is 5.87. The van der Waals surface area contributed by atoms with Crippen molar-refractivity contribution in [2.24, 2.45) is 7.05 Å². The Hall–Kier alpha value is -2.35. The van der Waals surface area contributed by atoms with Crippen LogP contribution in [0.25, 0.3) is 0 Å². The van der Waals surface area contributed by atoms with Crippen molar-refractivity contribution in [2.45, 2.75) is 6.92 Å². The third-order valence-corrected chi connectivity index (χ3v) is 3.23. The van der Waals surface area contributed by atoms with Crippen molar-refractivity contribution in [1.29, 1.82) is 0 Å². The minimum Gasteiger partial charge on any atom is -0.461 e. The lowest BCUT2D eigenvalue weighted by Gasteiger charge is -2.02. The number of thiazole rings is 1. The molecule has 0 bridgehead atoms. The van der Waals surface area contributed by atoms with E-state index < -0.39 is 5.97 Å². The second-order valence-corrected chi connectivity index (χ2v) is 4.84. The van der Waals surface area contributed by atoms with Gasteiger partial charge in [-0.2, -0.15) is 0 Å². The molecule has 3 N–H and O–H groups in total. The Morgan fingerprint density at radius 2 is 2.30 bits per heavy atom. The summed E-state index contributed by atoms with van der Waals surface area (Å²) in [7, 11) is 1.72. The molecule has 0 aliphatic rings. The first-order valence-corrected chi connectivity index (χ1v) is 6.75. The van der Waals surface area contributed by atoms with Crippen LogP contribution < -0.4 is 11.1 Å². The van der Waals surface area contributed by atoms with Crippen LogP contribution in [0.15, 0.2) is 17.6 Å². The number of ether oxygens (including phenoxy) is 1. The molecule has 7 nitrogen and oxygen atoms in total. The van der Waals surface area contributed by atoms with Crippen molar-refractivity contribution in [3.63, 3.8) is 0 Å². The number of carbonyl (C=O) groups is 2. The Morgan fingerprint density at radius 1 is 1.55 bits per heavy atom. The second kappa shape index (κ2) is 5.74. The van der Waals surface area contributed by atoms with Crippen molar-refractivity contribution >= 4 is 34.0 Å². The molecule has 0 spiro atoms. The third kappa shape index (κ3) is 2.97. The van der Waals surface area contributed by atoms with Gasteiger partial charge in [-0.25, -0.2) is 9.78 Å². The number of aryl methyl sites for hydroxylation is 1. The zero-order chi connectivity index (χ0) is 14.7. The first kappa shape index (κ1) is 14.1. The van der Waals surface area contributed by atoms with Crippen molar-refractivity contribution < 1.29 is 14.3 Å². The normalized spacial score (nSPS) is 10.3. The van der Waals surface area contributed by atoms with E-state index in [2.05, 4.69) is 10.3 Å². The summed E-state index contributed by atoms with van der Waals surface area (Å²) >= 11 is 1.15. The van der Waals surface area contributed by atoms with E-state index >= 15 is 0 Å². The van der Waals surface area contributed by atoms with Gasteiger partial charge in [0.1, 0.15) is 5.69 Å². The summed E-state index contributed by atoms with van der Waals surface area (Å²) in [5, 5.41) is 4.48. The highest BCUT2D eigenvalue weighted by molar-refractivity contribution is 7.14. The molecule has 8 heteroatoms. The number of amides is 1. The van der Waals surface area contributed by atoms with Crippen molar-refractivity contribution in [3.8, 4) is 0 Å². The second-order valence-electron chi connectivity index (χ2n) is 3.98. The molecule has 0 aliphatic carbocycles. The molecule has 2 aromatic rings. The van der Waals surface area contributed by atoms with E-state index in [0.29, 0.717) is 16.5 Å². The Bertz CT molecular complexity index is 647. The molecular formula is C12H14N4O3S. The van der Waals surface area contributed by atoms with E-state index in [1.807, 2.05) is 0 Å². The maximum atomic E-state index is 12.0. The van der Waals surface area contributed by atoms with Gasteiger partial charge in [-0.1, -0.05) is 0 Å². The van der Waals surface area contributed by atoms with Crippen LogP contribution in [0.5, 0.6) is 0 Å². The van der Waals surface area contributed by atoms with Gasteiger partial charge in [0, 0.05) is 18.6 Å². The van der Waals surface area contributed by atoms with Crippen LogP contribution in [0.4, 0.5) is 10.8 Å². The topological polar surface area (TPSA) is 99.2 Å². The summed E-state index contributed by atoms with van der Waals surface area (Å²) in [4.78, 5) is 27.5. The summed E-state index contributed by atoms with van der Waals surface area (Å²) in [6.07, 6.45) is 1.64. The number of nitrogen functional groups attached to an aromatic ring is 1. The number of carbonyl (C=O) groups excluding carboxylic acids is 2. The fraction of sp³-hybridized carbons (Fsp3) is 0.250. The number of hydrogen-bond donors (Lipinski definition) is 2. The summed E-state index contributed by atoms with van der Waals surface area (Å²) in [5.74, 6) is -0.846. The largest absolute Gasteiger partial charge is 0.461 e. The fourth-order valence-electron chi connectivity index (χ4n) is 1.61. The van der Waals surface area contributed by atoms with Gasteiger partial charge in [0.15, 0.2) is 10.8 Å². The number of esters is 1. The number of hydrogen-bond acceptors (Lipinski definition) is 6. The molecule has 1 amide bonds. The van der Waals surface area contributed by atoms with E-state index in [0.717, 1.165) is 11.3 Å². The number of anilines is 2. The molecule has 106 valence electrons. The molecule has 0 saturated heterocycles. The van der Waals surface area contributed by atoms with Gasteiger partial charge in [0.2, 0.25) is 0 Å². The fourth-order valence-corrected chi connectivity index (χ4v) is 2.28. The third-order valence-electron chi connectivity index (χ3n) is 2.47. The number of rotatable bonds is 4. The van der Waals surface area contributed by atoms with Gasteiger partial charge < -0.3 is 15.0 Å². The van der Waals surface area contributed by atoms with Crippen LogP contribution in [0, 0.1) is 0 Å². The molecule has 2 aromatic heterocycles. The summed E-state index contributed by atoms with van der Waals surface area (Å²) in [6, 6.07) is 1.56. The highest BCUT2D eigenvalue weighted by Crippen LogP contribution is 2.18. The van der Waals surface area contributed by atoms with Gasteiger partial charge in [-0.3, -0.25) is 10.1 Å². The molecule has 0 aromatic carbocycles. The molecule has 0 atom stereocenters. The minimum atomic E-state index is -0.507. The number of nitrogens with zero attached hydrogens (tertiary/aromatic N) is 2. The van der Waals surface area contributed by atoms with E-state index in [9.17, 15) is 9.59 Å². The predicted octanol–water partition coefficient (Wildman–Crippen LogP) is 1.49. The van der Waals surface area contributed by atoms with Crippen LogP contribution >= 0.6 is 11.3 Å². The van der Waals surface area contributed by atoms with Crippen LogP contribution in [-0.4, -0.2) is 28.0 Å². The first-order chi connectivity index (χ1) is 9.51. The smallest absolute Gasteiger partial charge is 0.357 e. The Kier molecular flexibility index (Phi) is 4.04.